The van der Waals surface area contributed by atoms with Crippen LogP contribution in [0.4, 0.5) is 4.79 Å². The quantitative estimate of drug-likeness (QED) is 0.0813. The van der Waals surface area contributed by atoms with Gasteiger partial charge in [0.1, 0.15) is 17.7 Å². The molecule has 0 saturated carbocycles. The molecule has 5 N–H and O–H groups in total. The standard InChI is InChI=1S/C37H46N8O4.C3H8/c1-24(2)34(44-37(48)49-6)36(47)41-25(3)35-40-22-31(43-35)29-18-14-27(15-19-29)11-10-26-12-16-28(17-13-26)30-21-39-32(42-30)9-7-8-20-38-33(46)23-45(4)5;1-3-2/h12-19,21-22,24-25,34H,7-9,20,23H2,1-6H3,(H,38,46)(H,39,42)(H,40,43)(H,41,47)(H,44,48);3H2,1-2H3. The van der Waals surface area contributed by atoms with E-state index in [1.807, 2.05) is 94.5 Å². The van der Waals surface area contributed by atoms with E-state index in [2.05, 4.69) is 66.3 Å². The zero-order valence-corrected chi connectivity index (χ0v) is 31.7. The van der Waals surface area contributed by atoms with Crippen LogP contribution in [0.5, 0.6) is 0 Å². The Bertz CT molecular complexity index is 1770. The maximum atomic E-state index is 12.8. The van der Waals surface area contributed by atoms with Crippen LogP contribution in [0.3, 0.4) is 0 Å². The molecule has 0 fully saturated rings. The van der Waals surface area contributed by atoms with Gasteiger partial charge in [-0.3, -0.25) is 9.59 Å². The lowest BCUT2D eigenvalue weighted by Gasteiger charge is -2.22. The molecule has 0 bridgehead atoms. The minimum absolute atomic E-state index is 0.0431. The Balaban J connectivity index is 0.00000235. The van der Waals surface area contributed by atoms with Gasteiger partial charge in [0.25, 0.3) is 0 Å². The first-order valence-electron chi connectivity index (χ1n) is 17.8. The molecule has 4 aromatic rings. The lowest BCUT2D eigenvalue weighted by Crippen LogP contribution is -2.50. The van der Waals surface area contributed by atoms with Crippen molar-refractivity contribution in [3.63, 3.8) is 0 Å². The number of H-pyrrole nitrogens is 2. The number of hydrogen-bond acceptors (Lipinski definition) is 7. The Kier molecular flexibility index (Phi) is 16.6. The van der Waals surface area contributed by atoms with E-state index >= 15 is 0 Å². The van der Waals surface area contributed by atoms with E-state index in [1.54, 1.807) is 6.20 Å². The van der Waals surface area contributed by atoms with Crippen LogP contribution in [0.2, 0.25) is 0 Å². The average Bonchev–Trinajstić information content (AvgIpc) is 3.81. The monoisotopic (exact) mass is 710 g/mol. The fourth-order valence-electron chi connectivity index (χ4n) is 5.03. The van der Waals surface area contributed by atoms with Gasteiger partial charge in [0.2, 0.25) is 11.8 Å². The molecule has 3 amide bonds. The molecule has 2 unspecified atom stereocenters. The fourth-order valence-corrected chi connectivity index (χ4v) is 5.03. The van der Waals surface area contributed by atoms with Crippen LogP contribution in [0.1, 0.15) is 82.7 Å². The number of aromatic nitrogens is 4. The average molecular weight is 711 g/mol. The number of imidazole rings is 2. The Labute approximate surface area is 308 Å². The number of nitrogens with zero attached hydrogens (tertiary/aromatic N) is 3. The van der Waals surface area contributed by atoms with Crippen molar-refractivity contribution in [1.29, 1.82) is 0 Å². The number of aromatic amines is 2. The van der Waals surface area contributed by atoms with E-state index in [9.17, 15) is 14.4 Å². The zero-order valence-electron chi connectivity index (χ0n) is 31.7. The predicted molar refractivity (Wildman–Crippen MR) is 205 cm³/mol. The van der Waals surface area contributed by atoms with Crippen LogP contribution < -0.4 is 16.0 Å². The number of rotatable bonds is 14. The van der Waals surface area contributed by atoms with Crippen molar-refractivity contribution in [3.8, 4) is 34.4 Å². The molecule has 2 aromatic carbocycles. The Morgan fingerprint density at radius 1 is 0.827 bits per heavy atom. The van der Waals surface area contributed by atoms with Gasteiger partial charge in [-0.05, 0) is 75.2 Å². The summed E-state index contributed by atoms with van der Waals surface area (Å²) in [6.45, 7) is 10.8. The van der Waals surface area contributed by atoms with Gasteiger partial charge in [-0.15, -0.1) is 0 Å². The summed E-state index contributed by atoms with van der Waals surface area (Å²) in [6, 6.07) is 14.8. The lowest BCUT2D eigenvalue weighted by molar-refractivity contribution is -0.124. The molecule has 12 nitrogen and oxygen atoms in total. The summed E-state index contributed by atoms with van der Waals surface area (Å²) in [5.74, 6) is 7.58. The van der Waals surface area contributed by atoms with Crippen molar-refractivity contribution in [3.05, 3.63) is 83.7 Å². The highest BCUT2D eigenvalue weighted by Gasteiger charge is 2.26. The summed E-state index contributed by atoms with van der Waals surface area (Å²) in [5.41, 5.74) is 5.52. The summed E-state index contributed by atoms with van der Waals surface area (Å²) < 4.78 is 4.65. The second-order valence-electron chi connectivity index (χ2n) is 13.2. The third-order valence-electron chi connectivity index (χ3n) is 7.77. The Hall–Kier alpha value is -5.41. The molecule has 2 aromatic heterocycles. The smallest absolute Gasteiger partial charge is 0.407 e. The van der Waals surface area contributed by atoms with Gasteiger partial charge >= 0.3 is 6.09 Å². The van der Waals surface area contributed by atoms with Crippen LogP contribution in [0.25, 0.3) is 22.5 Å². The van der Waals surface area contributed by atoms with Gasteiger partial charge in [0, 0.05) is 24.1 Å². The minimum Gasteiger partial charge on any atom is -0.453 e. The highest BCUT2D eigenvalue weighted by Crippen LogP contribution is 2.21. The number of likely N-dealkylation sites (N-methyl/N-ethyl adjacent to an activating group) is 1. The number of ether oxygens (including phenoxy) is 1. The Morgan fingerprint density at radius 2 is 1.38 bits per heavy atom. The number of methoxy groups -OCH3 is 1. The first kappa shape index (κ1) is 41.0. The van der Waals surface area contributed by atoms with E-state index in [0.29, 0.717) is 18.9 Å². The van der Waals surface area contributed by atoms with E-state index < -0.39 is 18.2 Å². The highest BCUT2D eigenvalue weighted by molar-refractivity contribution is 5.86. The topological polar surface area (TPSA) is 157 Å². The largest absolute Gasteiger partial charge is 0.453 e. The minimum atomic E-state index is -0.733. The number of carbonyl (C=O) groups excluding carboxylic acids is 3. The summed E-state index contributed by atoms with van der Waals surface area (Å²) in [7, 11) is 5.02. The van der Waals surface area contributed by atoms with Gasteiger partial charge in [0.05, 0.1) is 43.5 Å². The number of nitrogens with one attached hydrogen (secondary N) is 5. The molecule has 0 aliphatic carbocycles. The summed E-state index contributed by atoms with van der Waals surface area (Å²) in [4.78, 5) is 53.7. The van der Waals surface area contributed by atoms with Crippen molar-refractivity contribution in [2.45, 2.75) is 72.4 Å². The molecule has 2 atom stereocenters. The first-order chi connectivity index (χ1) is 24.9. The number of benzene rings is 2. The number of amides is 3. The SMILES string of the molecule is CCC.COC(=O)NC(C(=O)NC(C)c1ncc(-c2ccc(C#Cc3ccc(-c4cnc(CCCCNC(=O)CN(C)C)[nH]4)cc3)cc2)[nH]1)C(C)C. The normalized spacial score (nSPS) is 11.8. The lowest BCUT2D eigenvalue weighted by atomic mass is 10.0. The molecule has 12 heteroatoms. The van der Waals surface area contributed by atoms with Crippen LogP contribution in [-0.4, -0.2) is 83.1 Å². The zero-order chi connectivity index (χ0) is 38.0. The van der Waals surface area contributed by atoms with E-state index in [1.165, 1.54) is 13.5 Å². The molecular weight excluding hydrogens is 656 g/mol. The molecule has 278 valence electrons. The molecule has 52 heavy (non-hydrogen) atoms. The van der Waals surface area contributed by atoms with Crippen LogP contribution in [0, 0.1) is 17.8 Å². The summed E-state index contributed by atoms with van der Waals surface area (Å²) in [6.07, 6.45) is 6.82. The van der Waals surface area contributed by atoms with Crippen molar-refractivity contribution >= 4 is 17.9 Å². The summed E-state index contributed by atoms with van der Waals surface area (Å²) >= 11 is 0. The maximum absolute atomic E-state index is 12.8. The number of unbranched alkanes of at least 4 members (excludes halogenated alkanes) is 1. The second-order valence-corrected chi connectivity index (χ2v) is 13.2. The molecule has 2 heterocycles. The Morgan fingerprint density at radius 3 is 1.92 bits per heavy atom. The maximum Gasteiger partial charge on any atom is 0.407 e. The summed E-state index contributed by atoms with van der Waals surface area (Å²) in [5, 5.41) is 8.42. The van der Waals surface area contributed by atoms with Gasteiger partial charge in [-0.25, -0.2) is 14.8 Å². The fraction of sp³-hybridized carbons (Fsp3) is 0.425. The van der Waals surface area contributed by atoms with Crippen LogP contribution in [0.15, 0.2) is 60.9 Å². The van der Waals surface area contributed by atoms with Crippen LogP contribution in [-0.2, 0) is 20.7 Å². The molecule has 0 radical (unpaired) electrons. The van der Waals surface area contributed by atoms with Crippen LogP contribution >= 0.6 is 0 Å². The molecule has 0 saturated heterocycles. The van der Waals surface area contributed by atoms with Gasteiger partial charge in [-0.2, -0.15) is 0 Å². The second kappa shape index (κ2) is 21.1. The molecule has 4 rings (SSSR count). The third kappa shape index (κ3) is 13.4. The van der Waals surface area contributed by atoms with Crippen molar-refractivity contribution in [2.75, 3.05) is 34.3 Å². The van der Waals surface area contributed by atoms with Crippen molar-refractivity contribution in [2.24, 2.45) is 5.92 Å². The first-order valence-corrected chi connectivity index (χ1v) is 17.8. The molecule has 0 aliphatic rings. The van der Waals surface area contributed by atoms with Crippen molar-refractivity contribution in [1.82, 2.24) is 40.8 Å². The molecular formula is C40H54N8O4. The predicted octanol–water partition coefficient (Wildman–Crippen LogP) is 5.84. The van der Waals surface area contributed by atoms with Crippen molar-refractivity contribution < 1.29 is 19.1 Å². The molecule has 0 aliphatic heterocycles. The van der Waals surface area contributed by atoms with Gasteiger partial charge < -0.3 is 35.6 Å². The van der Waals surface area contributed by atoms with Gasteiger partial charge in [-0.1, -0.05) is 70.2 Å². The van der Waals surface area contributed by atoms with E-state index in [-0.39, 0.29) is 17.7 Å². The highest BCUT2D eigenvalue weighted by atomic mass is 16.5. The third-order valence-corrected chi connectivity index (χ3v) is 7.77. The number of aryl methyl sites for hydroxylation is 1. The number of hydrogen-bond donors (Lipinski definition) is 5. The van der Waals surface area contributed by atoms with Gasteiger partial charge in [0.15, 0.2) is 0 Å². The number of carbonyl (C=O) groups is 3. The molecule has 0 spiro atoms. The number of alkyl carbamates (subject to hydrolysis) is 1. The van der Waals surface area contributed by atoms with E-state index in [4.69, 9.17) is 0 Å². The van der Waals surface area contributed by atoms with E-state index in [0.717, 1.165) is 58.7 Å².